The molecule has 22 heavy (non-hydrogen) atoms. The van der Waals surface area contributed by atoms with E-state index in [0.29, 0.717) is 0 Å². The zero-order chi connectivity index (χ0) is 15.5. The molecule has 3 rings (SSSR count). The topological polar surface area (TPSA) is 37.9 Å². The molecule has 0 amide bonds. The van der Waals surface area contributed by atoms with Gasteiger partial charge in [0.25, 0.3) is 0 Å². The highest BCUT2D eigenvalue weighted by atomic mass is 16.5. The number of nitrogens with zero attached hydrogens (tertiary/aromatic N) is 1. The normalized spacial score (nSPS) is 10.7. The van der Waals surface area contributed by atoms with Crippen molar-refractivity contribution < 1.29 is 4.74 Å². The second kappa shape index (κ2) is 6.06. The molecule has 112 valence electrons. The van der Waals surface area contributed by atoms with E-state index in [9.17, 15) is 0 Å². The second-order valence-corrected chi connectivity index (χ2v) is 5.52. The van der Waals surface area contributed by atoms with Crippen LogP contribution in [0.3, 0.4) is 0 Å². The summed E-state index contributed by atoms with van der Waals surface area (Å²) < 4.78 is 5.29. The van der Waals surface area contributed by atoms with E-state index in [4.69, 9.17) is 4.74 Å². The lowest BCUT2D eigenvalue weighted by atomic mass is 9.97. The Balaban J connectivity index is 2.02. The summed E-state index contributed by atoms with van der Waals surface area (Å²) in [5.74, 6) is 0.873. The van der Waals surface area contributed by atoms with Crippen LogP contribution in [-0.2, 0) is 6.42 Å². The molecule has 0 spiro atoms. The molecule has 0 radical (unpaired) electrons. The molecule has 0 bridgehead atoms. The van der Waals surface area contributed by atoms with Crippen molar-refractivity contribution in [1.29, 1.82) is 0 Å². The Bertz CT molecular complexity index is 775. The fourth-order valence-electron chi connectivity index (χ4n) is 2.72. The second-order valence-electron chi connectivity index (χ2n) is 5.52. The first-order valence-electron chi connectivity index (χ1n) is 7.42. The predicted molar refractivity (Wildman–Crippen MR) is 89.3 cm³/mol. The number of aromatic amines is 1. The quantitative estimate of drug-likeness (QED) is 0.779. The van der Waals surface area contributed by atoms with E-state index in [2.05, 4.69) is 54.4 Å². The lowest BCUT2D eigenvalue weighted by molar-refractivity contribution is 0.414. The van der Waals surface area contributed by atoms with Crippen LogP contribution in [0.4, 0.5) is 0 Å². The maximum Gasteiger partial charge on any atom is 0.119 e. The Labute approximate surface area is 131 Å². The SMILES string of the molecule is COc1ccc(-c2n[nH]c(C)c2Cc2ccccc2)c(C)c1. The number of aromatic nitrogens is 2. The number of ether oxygens (including phenoxy) is 1. The Hall–Kier alpha value is -2.55. The minimum atomic E-state index is 0.873. The molecule has 1 aromatic heterocycles. The monoisotopic (exact) mass is 292 g/mol. The molecule has 0 fully saturated rings. The van der Waals surface area contributed by atoms with Crippen molar-refractivity contribution in [3.8, 4) is 17.0 Å². The van der Waals surface area contributed by atoms with E-state index < -0.39 is 0 Å². The van der Waals surface area contributed by atoms with Crippen LogP contribution in [0.1, 0.15) is 22.4 Å². The lowest BCUT2D eigenvalue weighted by Gasteiger charge is -2.09. The average Bonchev–Trinajstić information content (AvgIpc) is 2.89. The number of nitrogens with one attached hydrogen (secondary N) is 1. The first-order chi connectivity index (χ1) is 10.7. The van der Waals surface area contributed by atoms with Crippen LogP contribution >= 0.6 is 0 Å². The van der Waals surface area contributed by atoms with Gasteiger partial charge in [0.2, 0.25) is 0 Å². The van der Waals surface area contributed by atoms with Crippen molar-refractivity contribution in [2.45, 2.75) is 20.3 Å². The van der Waals surface area contributed by atoms with Crippen LogP contribution < -0.4 is 4.74 Å². The number of aryl methyl sites for hydroxylation is 2. The van der Waals surface area contributed by atoms with Gasteiger partial charge in [-0.3, -0.25) is 5.10 Å². The zero-order valence-corrected chi connectivity index (χ0v) is 13.2. The van der Waals surface area contributed by atoms with Gasteiger partial charge >= 0.3 is 0 Å². The number of benzene rings is 2. The summed E-state index contributed by atoms with van der Waals surface area (Å²) in [7, 11) is 1.69. The fourth-order valence-corrected chi connectivity index (χ4v) is 2.72. The Morgan fingerprint density at radius 3 is 2.50 bits per heavy atom. The molecule has 3 heteroatoms. The van der Waals surface area contributed by atoms with Gasteiger partial charge in [-0.2, -0.15) is 5.10 Å². The fraction of sp³-hybridized carbons (Fsp3) is 0.211. The molecule has 0 aliphatic carbocycles. The van der Waals surface area contributed by atoms with Gasteiger partial charge in [0.05, 0.1) is 12.8 Å². The van der Waals surface area contributed by atoms with Crippen molar-refractivity contribution in [3.05, 3.63) is 70.9 Å². The van der Waals surface area contributed by atoms with Gasteiger partial charge in [-0.15, -0.1) is 0 Å². The van der Waals surface area contributed by atoms with E-state index in [0.717, 1.165) is 29.1 Å². The summed E-state index contributed by atoms with van der Waals surface area (Å²) in [6.07, 6.45) is 0.879. The van der Waals surface area contributed by atoms with Gasteiger partial charge in [-0.05, 0) is 43.2 Å². The number of H-pyrrole nitrogens is 1. The third kappa shape index (κ3) is 2.75. The van der Waals surface area contributed by atoms with Crippen LogP contribution in [0, 0.1) is 13.8 Å². The molecule has 3 aromatic rings. The van der Waals surface area contributed by atoms with E-state index in [1.807, 2.05) is 18.2 Å². The van der Waals surface area contributed by atoms with Gasteiger partial charge in [0, 0.05) is 23.2 Å². The average molecular weight is 292 g/mol. The molecule has 0 saturated carbocycles. The van der Waals surface area contributed by atoms with Crippen molar-refractivity contribution in [2.24, 2.45) is 0 Å². The molecular weight excluding hydrogens is 272 g/mol. The molecular formula is C19H20N2O. The van der Waals surface area contributed by atoms with Crippen molar-refractivity contribution >= 4 is 0 Å². The third-order valence-electron chi connectivity index (χ3n) is 3.99. The molecule has 3 nitrogen and oxygen atoms in total. The number of hydrogen-bond donors (Lipinski definition) is 1. The molecule has 0 unspecified atom stereocenters. The third-order valence-corrected chi connectivity index (χ3v) is 3.99. The van der Waals surface area contributed by atoms with Crippen LogP contribution in [0.2, 0.25) is 0 Å². The van der Waals surface area contributed by atoms with Gasteiger partial charge in [0.1, 0.15) is 5.75 Å². The summed E-state index contributed by atoms with van der Waals surface area (Å²) in [5.41, 5.74) is 7.01. The Morgan fingerprint density at radius 1 is 1.05 bits per heavy atom. The highest BCUT2D eigenvalue weighted by molar-refractivity contribution is 5.69. The molecule has 0 atom stereocenters. The first kappa shape index (κ1) is 14.4. The Morgan fingerprint density at radius 2 is 1.82 bits per heavy atom. The minimum Gasteiger partial charge on any atom is -0.497 e. The highest BCUT2D eigenvalue weighted by Gasteiger charge is 2.15. The highest BCUT2D eigenvalue weighted by Crippen LogP contribution is 2.30. The standard InChI is InChI=1S/C19H20N2O/c1-13-11-16(22-3)9-10-17(13)19-18(14(2)20-21-19)12-15-7-5-4-6-8-15/h4-11H,12H2,1-3H3,(H,20,21). The van der Waals surface area contributed by atoms with Crippen molar-refractivity contribution in [2.75, 3.05) is 7.11 Å². The van der Waals surface area contributed by atoms with Crippen LogP contribution in [0.25, 0.3) is 11.3 Å². The Kier molecular flexibility index (Phi) is 3.96. The number of rotatable bonds is 4. The maximum atomic E-state index is 5.29. The molecule has 2 aromatic carbocycles. The van der Waals surface area contributed by atoms with Crippen molar-refractivity contribution in [3.63, 3.8) is 0 Å². The van der Waals surface area contributed by atoms with Crippen molar-refractivity contribution in [1.82, 2.24) is 10.2 Å². The number of hydrogen-bond acceptors (Lipinski definition) is 2. The van der Waals surface area contributed by atoms with Gasteiger partial charge in [0.15, 0.2) is 0 Å². The summed E-state index contributed by atoms with van der Waals surface area (Å²) in [6, 6.07) is 16.6. The van der Waals surface area contributed by atoms with E-state index in [-0.39, 0.29) is 0 Å². The first-order valence-corrected chi connectivity index (χ1v) is 7.42. The predicted octanol–water partition coefficient (Wildman–Crippen LogP) is 4.29. The molecule has 1 heterocycles. The largest absolute Gasteiger partial charge is 0.497 e. The molecule has 0 aliphatic heterocycles. The summed E-state index contributed by atoms with van der Waals surface area (Å²) in [4.78, 5) is 0. The summed E-state index contributed by atoms with van der Waals surface area (Å²) in [5, 5.41) is 7.66. The zero-order valence-electron chi connectivity index (χ0n) is 13.2. The summed E-state index contributed by atoms with van der Waals surface area (Å²) >= 11 is 0. The van der Waals surface area contributed by atoms with Gasteiger partial charge < -0.3 is 4.74 Å². The van der Waals surface area contributed by atoms with Crippen LogP contribution in [0.15, 0.2) is 48.5 Å². The molecule has 1 N–H and O–H groups in total. The molecule has 0 aliphatic rings. The van der Waals surface area contributed by atoms with E-state index in [1.54, 1.807) is 7.11 Å². The summed E-state index contributed by atoms with van der Waals surface area (Å²) in [6.45, 7) is 4.17. The smallest absolute Gasteiger partial charge is 0.119 e. The van der Waals surface area contributed by atoms with Crippen LogP contribution in [-0.4, -0.2) is 17.3 Å². The molecule has 0 saturated heterocycles. The van der Waals surface area contributed by atoms with E-state index in [1.165, 1.54) is 16.7 Å². The van der Waals surface area contributed by atoms with Gasteiger partial charge in [-0.25, -0.2) is 0 Å². The van der Waals surface area contributed by atoms with Crippen LogP contribution in [0.5, 0.6) is 5.75 Å². The van der Waals surface area contributed by atoms with E-state index >= 15 is 0 Å². The van der Waals surface area contributed by atoms with Gasteiger partial charge in [-0.1, -0.05) is 30.3 Å². The minimum absolute atomic E-state index is 0.873. The maximum absolute atomic E-state index is 5.29. The number of methoxy groups -OCH3 is 1. The lowest BCUT2D eigenvalue weighted by Crippen LogP contribution is -1.94.